The number of nitrogens with one attached hydrogen (secondary N) is 7. The smallest absolute Gasteiger partial charge is 0.326 e. The van der Waals surface area contributed by atoms with E-state index in [1.54, 1.807) is 48.7 Å². The molecular weight excluding hydrogens is 867 g/mol. The first kappa shape index (κ1) is 49.2. The van der Waals surface area contributed by atoms with Gasteiger partial charge in [0, 0.05) is 54.7 Å². The zero-order chi connectivity index (χ0) is 48.5. The molecule has 8 rings (SSSR count). The van der Waals surface area contributed by atoms with Crippen LogP contribution in [0.25, 0.3) is 10.9 Å². The van der Waals surface area contributed by atoms with Gasteiger partial charge in [-0.25, -0.2) is 4.79 Å². The van der Waals surface area contributed by atoms with Gasteiger partial charge in [0.2, 0.25) is 35.4 Å². The highest BCUT2D eigenvalue weighted by Crippen LogP contribution is 2.60. The number of phenols is 1. The van der Waals surface area contributed by atoms with Crippen LogP contribution in [-0.4, -0.2) is 93.4 Å². The topological polar surface area (TPSA) is 248 Å². The van der Waals surface area contributed by atoms with Crippen LogP contribution in [-0.2, 0) is 52.8 Å². The van der Waals surface area contributed by atoms with E-state index in [4.69, 9.17) is 0 Å². The molecule has 1 aromatic heterocycles. The number of aromatic amines is 1. The van der Waals surface area contributed by atoms with Gasteiger partial charge in [-0.3, -0.25) is 28.8 Å². The maximum absolute atomic E-state index is 14.3. The Morgan fingerprint density at radius 2 is 1.19 bits per heavy atom. The number of amides is 6. The molecule has 4 aromatic rings. The number of aliphatic carboxylic acids is 1. The molecule has 1 heterocycles. The molecule has 68 heavy (non-hydrogen) atoms. The van der Waals surface area contributed by atoms with Crippen molar-refractivity contribution in [1.29, 1.82) is 0 Å². The van der Waals surface area contributed by atoms with Crippen LogP contribution in [0, 0.1) is 29.1 Å². The normalized spacial score (nSPS) is 21.4. The summed E-state index contributed by atoms with van der Waals surface area (Å²) in [5.74, 6) is -2.66. The van der Waals surface area contributed by atoms with Crippen LogP contribution in [0.2, 0.25) is 0 Å². The predicted molar refractivity (Wildman–Crippen MR) is 255 cm³/mol. The molecule has 16 heteroatoms. The fourth-order valence-electron chi connectivity index (χ4n) is 10.9. The number of carboxylic acids is 1. The van der Waals surface area contributed by atoms with Gasteiger partial charge >= 0.3 is 5.97 Å². The molecular formula is C52H65N7O9. The summed E-state index contributed by atoms with van der Waals surface area (Å²) < 4.78 is 0. The number of rotatable bonds is 22. The lowest BCUT2D eigenvalue weighted by Gasteiger charge is -2.55. The molecule has 0 aliphatic heterocycles. The molecule has 0 unspecified atom stereocenters. The van der Waals surface area contributed by atoms with Crippen molar-refractivity contribution in [3.8, 4) is 5.75 Å². The molecule has 0 spiro atoms. The van der Waals surface area contributed by atoms with E-state index in [-0.39, 0.29) is 49.8 Å². The highest BCUT2D eigenvalue weighted by molar-refractivity contribution is 5.96. The summed E-state index contributed by atoms with van der Waals surface area (Å²) in [6, 6.07) is 16.8. The minimum Gasteiger partial charge on any atom is -0.508 e. The number of aromatic nitrogens is 1. The average Bonchev–Trinajstić information content (AvgIpc) is 3.70. The third-order valence-electron chi connectivity index (χ3n) is 13.9. The first-order chi connectivity index (χ1) is 32.5. The van der Waals surface area contributed by atoms with Gasteiger partial charge in [0.1, 0.15) is 36.0 Å². The second-order valence-electron chi connectivity index (χ2n) is 19.8. The van der Waals surface area contributed by atoms with Crippen LogP contribution >= 0.6 is 0 Å². The number of H-pyrrole nitrogens is 1. The molecule has 5 atom stereocenters. The zero-order valence-electron chi connectivity index (χ0n) is 39.0. The van der Waals surface area contributed by atoms with Crippen molar-refractivity contribution in [2.24, 2.45) is 29.1 Å². The summed E-state index contributed by atoms with van der Waals surface area (Å²) in [4.78, 5) is 98.2. The number of phenolic OH excluding ortho intramolecular Hbond substituents is 1. The van der Waals surface area contributed by atoms with E-state index in [1.807, 2.05) is 38.1 Å². The fourth-order valence-corrected chi connectivity index (χ4v) is 10.9. The molecule has 4 bridgehead atoms. The number of carboxylic acid groups (broad SMARTS) is 1. The average molecular weight is 932 g/mol. The molecule has 0 saturated heterocycles. The monoisotopic (exact) mass is 931 g/mol. The molecule has 362 valence electrons. The second kappa shape index (κ2) is 21.9. The van der Waals surface area contributed by atoms with Crippen LogP contribution in [0.15, 0.2) is 85.1 Å². The molecule has 4 saturated carbocycles. The highest BCUT2D eigenvalue weighted by Gasteiger charge is 2.55. The molecule has 3 aromatic carbocycles. The van der Waals surface area contributed by atoms with Gasteiger partial charge in [-0.2, -0.15) is 0 Å². The van der Waals surface area contributed by atoms with Crippen LogP contribution < -0.4 is 31.9 Å². The zero-order valence-corrected chi connectivity index (χ0v) is 39.0. The van der Waals surface area contributed by atoms with Crippen molar-refractivity contribution >= 4 is 52.3 Å². The Balaban J connectivity index is 0.972. The maximum Gasteiger partial charge on any atom is 0.326 e. The summed E-state index contributed by atoms with van der Waals surface area (Å²) in [5, 5.41) is 37.2. The number of fused-ring (bicyclic) bond motifs is 1. The molecule has 4 aliphatic carbocycles. The van der Waals surface area contributed by atoms with E-state index in [0.29, 0.717) is 35.3 Å². The van der Waals surface area contributed by atoms with Gasteiger partial charge in [-0.05, 0) is 110 Å². The van der Waals surface area contributed by atoms with E-state index in [0.717, 1.165) is 35.7 Å². The third kappa shape index (κ3) is 12.6. The van der Waals surface area contributed by atoms with Crippen molar-refractivity contribution in [2.45, 2.75) is 122 Å². The highest BCUT2D eigenvalue weighted by atomic mass is 16.4. The lowest BCUT2D eigenvalue weighted by Crippen LogP contribution is -2.60. The van der Waals surface area contributed by atoms with E-state index in [9.17, 15) is 43.8 Å². The quantitative estimate of drug-likeness (QED) is 0.0548. The largest absolute Gasteiger partial charge is 0.508 e. The summed E-state index contributed by atoms with van der Waals surface area (Å²) in [6.45, 7) is 5.28. The molecule has 9 N–H and O–H groups in total. The summed E-state index contributed by atoms with van der Waals surface area (Å²) >= 11 is 0. The Labute approximate surface area is 396 Å². The Morgan fingerprint density at radius 3 is 1.84 bits per heavy atom. The lowest BCUT2D eigenvalue weighted by atomic mass is 9.49. The number of benzene rings is 3. The van der Waals surface area contributed by atoms with Gasteiger partial charge in [0.15, 0.2) is 0 Å². The molecule has 4 aliphatic rings. The van der Waals surface area contributed by atoms with E-state index >= 15 is 0 Å². The lowest BCUT2D eigenvalue weighted by molar-refractivity contribution is -0.148. The standard InChI is InChI=1S/C52H65N7O9/c1-30(2)19-41(59-51(68)52-26-34-20-35(27-52)22-36(21-34)28-52)48(64)57-43(25-37-29-54-40-12-8-7-11-39(37)40)47(63)55-31(3)46(62)53-18-17-45(61)56-42(23-33-13-15-38(60)16-14-33)49(65)58-44(50(66)67)24-32-9-5-4-6-10-32/h4-16,29-31,34-36,41-44,54,60H,17-28H2,1-3H3,(H,53,62)(H,55,63)(H,56,61)(H,57,64)(H,58,65)(H,59,68)(H,66,67)/t31-,34?,35?,36?,41-,42-,43-,44-,52?/m0/s1. The number of carbonyl (C=O) groups is 7. The van der Waals surface area contributed by atoms with Gasteiger partial charge in [0.25, 0.3) is 0 Å². The van der Waals surface area contributed by atoms with Crippen molar-refractivity contribution in [3.05, 3.63) is 102 Å². The van der Waals surface area contributed by atoms with Crippen LogP contribution in [0.3, 0.4) is 0 Å². The Hall–Kier alpha value is -6.71. The van der Waals surface area contributed by atoms with Gasteiger partial charge < -0.3 is 47.1 Å². The van der Waals surface area contributed by atoms with E-state index < -0.39 is 71.1 Å². The number of para-hydroxylation sites is 1. The molecule has 0 radical (unpaired) electrons. The van der Waals surface area contributed by atoms with Gasteiger partial charge in [-0.15, -0.1) is 0 Å². The number of hydrogen-bond acceptors (Lipinski definition) is 8. The summed E-state index contributed by atoms with van der Waals surface area (Å²) in [7, 11) is 0. The Bertz CT molecular complexity index is 2420. The Kier molecular flexibility index (Phi) is 15.9. The van der Waals surface area contributed by atoms with Crippen molar-refractivity contribution in [2.75, 3.05) is 6.54 Å². The number of aromatic hydroxyl groups is 1. The molecule has 6 amide bonds. The van der Waals surface area contributed by atoms with Crippen LogP contribution in [0.4, 0.5) is 0 Å². The van der Waals surface area contributed by atoms with Crippen molar-refractivity contribution < 1.29 is 43.8 Å². The van der Waals surface area contributed by atoms with Crippen LogP contribution in [0.5, 0.6) is 5.75 Å². The SMILES string of the molecule is CC(C)C[C@H](NC(=O)C12CC3CC(CC(C3)C1)C2)C(=O)N[C@@H](Cc1c[nH]c2ccccc12)C(=O)N[C@@H](C)C(=O)NCCC(=O)N[C@@H](Cc1ccc(O)cc1)C(=O)N[C@@H](Cc1ccccc1)C(=O)O. The minimum absolute atomic E-state index is 0.00554. The maximum atomic E-state index is 14.3. The number of carbonyl (C=O) groups excluding carboxylic acids is 6. The number of hydrogen-bond donors (Lipinski definition) is 9. The van der Waals surface area contributed by atoms with E-state index in [1.165, 1.54) is 38.3 Å². The molecule has 4 fully saturated rings. The van der Waals surface area contributed by atoms with Gasteiger partial charge in [-0.1, -0.05) is 74.5 Å². The minimum atomic E-state index is -1.28. The predicted octanol–water partition coefficient (Wildman–Crippen LogP) is 4.20. The Morgan fingerprint density at radius 1 is 0.632 bits per heavy atom. The van der Waals surface area contributed by atoms with Gasteiger partial charge in [0.05, 0.1) is 0 Å². The first-order valence-electron chi connectivity index (χ1n) is 23.9. The van der Waals surface area contributed by atoms with E-state index in [2.05, 4.69) is 36.9 Å². The first-order valence-corrected chi connectivity index (χ1v) is 23.9. The summed E-state index contributed by atoms with van der Waals surface area (Å²) in [5.41, 5.74) is 2.44. The molecule has 16 nitrogen and oxygen atoms in total. The van der Waals surface area contributed by atoms with Crippen LogP contribution in [0.1, 0.15) is 88.8 Å². The summed E-state index contributed by atoms with van der Waals surface area (Å²) in [6.07, 6.45) is 8.05. The fraction of sp³-hybridized carbons (Fsp3) is 0.481. The van der Waals surface area contributed by atoms with Crippen molar-refractivity contribution in [3.63, 3.8) is 0 Å². The third-order valence-corrected chi connectivity index (χ3v) is 13.9. The second-order valence-corrected chi connectivity index (χ2v) is 19.8. The van der Waals surface area contributed by atoms with Crippen molar-refractivity contribution in [1.82, 2.24) is 36.9 Å².